The van der Waals surface area contributed by atoms with Crippen molar-refractivity contribution in [3.8, 4) is 0 Å². The molecule has 0 fully saturated rings. The van der Waals surface area contributed by atoms with Gasteiger partial charge in [0.15, 0.2) is 5.60 Å². The highest BCUT2D eigenvalue weighted by molar-refractivity contribution is 6.22. The van der Waals surface area contributed by atoms with Gasteiger partial charge in [-0.3, -0.25) is 24.1 Å². The molecule has 0 saturated heterocycles. The first-order chi connectivity index (χ1) is 12.3. The molecule has 1 aliphatic heterocycles. The molecule has 1 heterocycles. The summed E-state index contributed by atoms with van der Waals surface area (Å²) in [5, 5.41) is 0. The lowest BCUT2D eigenvalue weighted by atomic mass is 9.96. The lowest BCUT2D eigenvalue weighted by Gasteiger charge is -2.25. The molecule has 2 aromatic carbocycles. The van der Waals surface area contributed by atoms with E-state index in [1.807, 2.05) is 0 Å². The summed E-state index contributed by atoms with van der Waals surface area (Å²) in [5.41, 5.74) is -0.502. The van der Waals surface area contributed by atoms with Gasteiger partial charge in [-0.05, 0) is 26.0 Å². The highest BCUT2D eigenvalue weighted by atomic mass is 16.6. The third kappa shape index (κ3) is 3.13. The summed E-state index contributed by atoms with van der Waals surface area (Å²) in [6.45, 7) is 2.41. The highest BCUT2D eigenvalue weighted by Crippen LogP contribution is 2.23. The molecule has 0 N–H and O–H groups in total. The number of Topliss-reactive ketones (excluding diaryl/α,β-unsaturated/α-hetero) is 1. The molecular weight excluding hydrogens is 334 g/mol. The maximum Gasteiger partial charge on any atom is 0.327 e. The number of ketones is 1. The third-order valence-corrected chi connectivity index (χ3v) is 4.12. The van der Waals surface area contributed by atoms with Crippen LogP contribution in [0.1, 0.15) is 44.9 Å². The van der Waals surface area contributed by atoms with Gasteiger partial charge in [0.05, 0.1) is 11.1 Å². The van der Waals surface area contributed by atoms with Gasteiger partial charge >= 0.3 is 5.97 Å². The van der Waals surface area contributed by atoms with E-state index in [1.165, 1.54) is 26.0 Å². The Morgan fingerprint density at radius 3 is 1.92 bits per heavy atom. The van der Waals surface area contributed by atoms with E-state index in [0.29, 0.717) is 5.56 Å². The van der Waals surface area contributed by atoms with Crippen LogP contribution < -0.4 is 0 Å². The quantitative estimate of drug-likeness (QED) is 0.470. The SMILES string of the molecule is CC(C)(OC(=O)CN1C(=O)c2ccccc2C1=O)C(=O)c1ccccc1. The fourth-order valence-corrected chi connectivity index (χ4v) is 2.81. The summed E-state index contributed by atoms with van der Waals surface area (Å²) in [4.78, 5) is 50.2. The fraction of sp³-hybridized carbons (Fsp3) is 0.200. The van der Waals surface area contributed by atoms with E-state index in [4.69, 9.17) is 4.74 Å². The number of esters is 1. The van der Waals surface area contributed by atoms with Crippen molar-refractivity contribution in [3.05, 3.63) is 71.3 Å². The average molecular weight is 351 g/mol. The molecule has 6 heteroatoms. The normalized spacial score (nSPS) is 13.5. The number of ether oxygens (including phenoxy) is 1. The smallest absolute Gasteiger partial charge is 0.327 e. The van der Waals surface area contributed by atoms with Crippen molar-refractivity contribution in [2.24, 2.45) is 0 Å². The van der Waals surface area contributed by atoms with Crippen LogP contribution in [0.3, 0.4) is 0 Å². The summed E-state index contributed by atoms with van der Waals surface area (Å²) < 4.78 is 5.28. The average Bonchev–Trinajstić information content (AvgIpc) is 2.86. The number of carbonyl (C=O) groups is 4. The Bertz CT molecular complexity index is 866. The molecule has 0 spiro atoms. The number of carbonyl (C=O) groups excluding carboxylic acids is 4. The molecule has 1 aliphatic rings. The summed E-state index contributed by atoms with van der Waals surface area (Å²) in [6.07, 6.45) is 0. The van der Waals surface area contributed by atoms with Crippen LogP contribution in [0, 0.1) is 0 Å². The zero-order chi connectivity index (χ0) is 18.9. The molecule has 2 amide bonds. The maximum atomic E-state index is 12.5. The number of benzene rings is 2. The van der Waals surface area contributed by atoms with Crippen molar-refractivity contribution >= 4 is 23.6 Å². The van der Waals surface area contributed by atoms with Crippen LogP contribution in [0.5, 0.6) is 0 Å². The van der Waals surface area contributed by atoms with E-state index in [-0.39, 0.29) is 16.9 Å². The zero-order valence-electron chi connectivity index (χ0n) is 14.4. The minimum atomic E-state index is -1.42. The number of rotatable bonds is 5. The lowest BCUT2D eigenvalue weighted by molar-refractivity contribution is -0.152. The molecule has 0 radical (unpaired) electrons. The summed E-state index contributed by atoms with van der Waals surface area (Å²) in [7, 11) is 0. The van der Waals surface area contributed by atoms with Crippen LogP contribution in [0.4, 0.5) is 0 Å². The molecule has 0 bridgehead atoms. The van der Waals surface area contributed by atoms with Crippen LogP contribution in [-0.2, 0) is 9.53 Å². The van der Waals surface area contributed by atoms with Crippen LogP contribution in [0.2, 0.25) is 0 Å². The van der Waals surface area contributed by atoms with Crippen LogP contribution in [0.15, 0.2) is 54.6 Å². The molecule has 3 rings (SSSR count). The molecule has 0 aromatic heterocycles. The standard InChI is InChI=1S/C20H17NO5/c1-20(2,17(23)13-8-4-3-5-9-13)26-16(22)12-21-18(24)14-10-6-7-11-15(14)19(21)25/h3-11H,12H2,1-2H3. The van der Waals surface area contributed by atoms with Gasteiger partial charge in [-0.1, -0.05) is 42.5 Å². The number of amides is 2. The zero-order valence-corrected chi connectivity index (χ0v) is 14.4. The summed E-state index contributed by atoms with van der Waals surface area (Å²) >= 11 is 0. The van der Waals surface area contributed by atoms with Crippen LogP contribution in [0.25, 0.3) is 0 Å². The van der Waals surface area contributed by atoms with Crippen molar-refractivity contribution in [1.29, 1.82) is 0 Å². The monoisotopic (exact) mass is 351 g/mol. The Kier molecular flexibility index (Phi) is 4.42. The number of imide groups is 1. The first-order valence-corrected chi connectivity index (χ1v) is 8.08. The van der Waals surface area contributed by atoms with E-state index >= 15 is 0 Å². The Labute approximate surface area is 150 Å². The van der Waals surface area contributed by atoms with E-state index in [2.05, 4.69) is 0 Å². The van der Waals surface area contributed by atoms with E-state index in [0.717, 1.165) is 4.90 Å². The van der Waals surface area contributed by atoms with Crippen LogP contribution in [-0.4, -0.2) is 40.6 Å². The maximum absolute atomic E-state index is 12.5. The molecular formula is C20H17NO5. The minimum Gasteiger partial charge on any atom is -0.450 e. The Morgan fingerprint density at radius 1 is 0.885 bits per heavy atom. The van der Waals surface area contributed by atoms with Gasteiger partial charge in [-0.25, -0.2) is 0 Å². The minimum absolute atomic E-state index is 0.255. The Morgan fingerprint density at radius 2 is 1.38 bits per heavy atom. The Balaban J connectivity index is 1.70. The highest BCUT2D eigenvalue weighted by Gasteiger charge is 2.39. The largest absolute Gasteiger partial charge is 0.450 e. The number of hydrogen-bond donors (Lipinski definition) is 0. The second-order valence-electron chi connectivity index (χ2n) is 6.42. The second kappa shape index (κ2) is 6.55. The van der Waals surface area contributed by atoms with E-state index in [9.17, 15) is 19.2 Å². The molecule has 26 heavy (non-hydrogen) atoms. The number of hydrogen-bond acceptors (Lipinski definition) is 5. The molecule has 0 atom stereocenters. The molecule has 0 saturated carbocycles. The van der Waals surface area contributed by atoms with Crippen molar-refractivity contribution < 1.29 is 23.9 Å². The predicted molar refractivity (Wildman–Crippen MR) is 92.8 cm³/mol. The topological polar surface area (TPSA) is 80.8 Å². The Hall–Kier alpha value is -3.28. The van der Waals surface area contributed by atoms with Gasteiger partial charge in [-0.15, -0.1) is 0 Å². The fourth-order valence-electron chi connectivity index (χ4n) is 2.81. The van der Waals surface area contributed by atoms with Crippen molar-refractivity contribution in [2.75, 3.05) is 6.54 Å². The van der Waals surface area contributed by atoms with Gasteiger partial charge in [0.25, 0.3) is 11.8 Å². The van der Waals surface area contributed by atoms with E-state index < -0.39 is 29.9 Å². The summed E-state index contributed by atoms with van der Waals surface area (Å²) in [5.74, 6) is -2.29. The van der Waals surface area contributed by atoms with Crippen molar-refractivity contribution in [1.82, 2.24) is 4.90 Å². The first kappa shape index (κ1) is 17.5. The summed E-state index contributed by atoms with van der Waals surface area (Å²) in [6, 6.07) is 14.8. The van der Waals surface area contributed by atoms with Gasteiger partial charge in [0, 0.05) is 5.56 Å². The van der Waals surface area contributed by atoms with Gasteiger partial charge in [0.1, 0.15) is 6.54 Å². The second-order valence-corrected chi connectivity index (χ2v) is 6.42. The van der Waals surface area contributed by atoms with Crippen molar-refractivity contribution in [2.45, 2.75) is 19.4 Å². The predicted octanol–water partition coefficient (Wildman–Crippen LogP) is 2.49. The number of nitrogens with zero attached hydrogens (tertiary/aromatic N) is 1. The van der Waals surface area contributed by atoms with Gasteiger partial charge in [-0.2, -0.15) is 0 Å². The van der Waals surface area contributed by atoms with Crippen LogP contribution >= 0.6 is 0 Å². The molecule has 132 valence electrons. The molecule has 0 unspecified atom stereocenters. The molecule has 6 nitrogen and oxygen atoms in total. The first-order valence-electron chi connectivity index (χ1n) is 8.08. The van der Waals surface area contributed by atoms with Crippen molar-refractivity contribution in [3.63, 3.8) is 0 Å². The van der Waals surface area contributed by atoms with Gasteiger partial charge < -0.3 is 4.74 Å². The molecule has 0 aliphatic carbocycles. The van der Waals surface area contributed by atoms with Gasteiger partial charge in [0.2, 0.25) is 5.78 Å². The molecule has 2 aromatic rings. The third-order valence-electron chi connectivity index (χ3n) is 4.12. The number of fused-ring (bicyclic) bond motifs is 1. The van der Waals surface area contributed by atoms with E-state index in [1.54, 1.807) is 42.5 Å². The lowest BCUT2D eigenvalue weighted by Crippen LogP contribution is -2.42.